The number of carbonyl (C=O) groups excluding carboxylic acids is 1. The van der Waals surface area contributed by atoms with Crippen LogP contribution < -0.4 is 16.4 Å². The molecule has 0 saturated heterocycles. The topological polar surface area (TPSA) is 80.0 Å². The van der Waals surface area contributed by atoms with Crippen molar-refractivity contribution in [2.75, 3.05) is 18.9 Å². The van der Waals surface area contributed by atoms with Crippen molar-refractivity contribution >= 4 is 11.6 Å². The Hall–Kier alpha value is -1.62. The maximum Gasteiger partial charge on any atom is 0.269 e. The van der Waals surface area contributed by atoms with Crippen molar-refractivity contribution in [3.63, 3.8) is 0 Å². The number of nitrogens with zero attached hydrogens (tertiary/aromatic N) is 1. The lowest BCUT2D eigenvalue weighted by atomic mass is 9.84. The van der Waals surface area contributed by atoms with E-state index in [0.29, 0.717) is 12.2 Å². The van der Waals surface area contributed by atoms with Gasteiger partial charge in [-0.25, -0.2) is 0 Å². The third-order valence-electron chi connectivity index (χ3n) is 3.06. The standard InChI is InChI=1S/C14H24N4O/c1-14(2,3)12(5-7-15)18-10-6-8-17-11(9-10)13(19)16-4/h6,8-9,12H,5,7,15H2,1-4H3,(H,16,19)(H,17,18). The van der Waals surface area contributed by atoms with Gasteiger partial charge < -0.3 is 16.4 Å². The average molecular weight is 264 g/mol. The summed E-state index contributed by atoms with van der Waals surface area (Å²) in [6.45, 7) is 7.13. The van der Waals surface area contributed by atoms with Crippen LogP contribution in [0.4, 0.5) is 5.69 Å². The van der Waals surface area contributed by atoms with E-state index in [9.17, 15) is 4.79 Å². The van der Waals surface area contributed by atoms with E-state index >= 15 is 0 Å². The molecule has 4 N–H and O–H groups in total. The van der Waals surface area contributed by atoms with Gasteiger partial charge in [0.2, 0.25) is 0 Å². The van der Waals surface area contributed by atoms with Gasteiger partial charge in [-0.3, -0.25) is 9.78 Å². The summed E-state index contributed by atoms with van der Waals surface area (Å²) in [7, 11) is 1.59. The number of anilines is 1. The molecule has 0 aliphatic carbocycles. The maximum absolute atomic E-state index is 11.6. The van der Waals surface area contributed by atoms with E-state index in [2.05, 4.69) is 36.4 Å². The van der Waals surface area contributed by atoms with Gasteiger partial charge in [0.25, 0.3) is 5.91 Å². The van der Waals surface area contributed by atoms with Gasteiger partial charge in [0.15, 0.2) is 0 Å². The first kappa shape index (κ1) is 15.4. The van der Waals surface area contributed by atoms with E-state index < -0.39 is 0 Å². The van der Waals surface area contributed by atoms with Crippen molar-refractivity contribution in [3.05, 3.63) is 24.0 Å². The summed E-state index contributed by atoms with van der Waals surface area (Å²) in [4.78, 5) is 15.6. The summed E-state index contributed by atoms with van der Waals surface area (Å²) in [5.41, 5.74) is 7.06. The third kappa shape index (κ3) is 4.52. The number of hydrogen-bond donors (Lipinski definition) is 3. The number of hydrogen-bond acceptors (Lipinski definition) is 4. The lowest BCUT2D eigenvalue weighted by Gasteiger charge is -2.32. The molecule has 0 aromatic carbocycles. The molecular formula is C14H24N4O. The van der Waals surface area contributed by atoms with E-state index in [4.69, 9.17) is 5.73 Å². The number of amides is 1. The van der Waals surface area contributed by atoms with Gasteiger partial charge in [0.05, 0.1) is 0 Å². The zero-order chi connectivity index (χ0) is 14.5. The van der Waals surface area contributed by atoms with Crippen LogP contribution in [0.3, 0.4) is 0 Å². The van der Waals surface area contributed by atoms with Gasteiger partial charge in [-0.15, -0.1) is 0 Å². The Balaban J connectivity index is 2.88. The smallest absolute Gasteiger partial charge is 0.269 e. The number of nitrogens with one attached hydrogen (secondary N) is 2. The van der Waals surface area contributed by atoms with Crippen LogP contribution in [0, 0.1) is 5.41 Å². The number of aromatic nitrogens is 1. The highest BCUT2D eigenvalue weighted by molar-refractivity contribution is 5.92. The van der Waals surface area contributed by atoms with Gasteiger partial charge in [-0.05, 0) is 30.5 Å². The number of rotatable bonds is 5. The summed E-state index contributed by atoms with van der Waals surface area (Å²) in [6.07, 6.45) is 2.51. The zero-order valence-electron chi connectivity index (χ0n) is 12.2. The van der Waals surface area contributed by atoms with Gasteiger partial charge in [0, 0.05) is 25.0 Å². The molecule has 0 radical (unpaired) electrons. The molecule has 0 aliphatic rings. The largest absolute Gasteiger partial charge is 0.382 e. The predicted octanol–water partition coefficient (Wildman–Crippen LogP) is 1.62. The quantitative estimate of drug-likeness (QED) is 0.755. The highest BCUT2D eigenvalue weighted by atomic mass is 16.1. The van der Waals surface area contributed by atoms with Gasteiger partial charge >= 0.3 is 0 Å². The maximum atomic E-state index is 11.6. The van der Waals surface area contributed by atoms with Crippen LogP contribution in [0.1, 0.15) is 37.7 Å². The summed E-state index contributed by atoms with van der Waals surface area (Å²) in [5, 5.41) is 6.01. The summed E-state index contributed by atoms with van der Waals surface area (Å²) < 4.78 is 0. The van der Waals surface area contributed by atoms with E-state index in [-0.39, 0.29) is 17.4 Å². The molecule has 0 fully saturated rings. The van der Waals surface area contributed by atoms with Gasteiger partial charge in [0.1, 0.15) is 5.69 Å². The van der Waals surface area contributed by atoms with Gasteiger partial charge in [-0.2, -0.15) is 0 Å². The molecule has 0 saturated carbocycles. The van der Waals surface area contributed by atoms with Crippen LogP contribution >= 0.6 is 0 Å². The molecular weight excluding hydrogens is 240 g/mol. The van der Waals surface area contributed by atoms with Crippen molar-refractivity contribution < 1.29 is 4.79 Å². The fourth-order valence-electron chi connectivity index (χ4n) is 1.86. The second-order valence-corrected chi connectivity index (χ2v) is 5.65. The second kappa shape index (κ2) is 6.52. The second-order valence-electron chi connectivity index (χ2n) is 5.65. The van der Waals surface area contributed by atoms with Crippen LogP contribution in [0.5, 0.6) is 0 Å². The first-order chi connectivity index (χ1) is 8.88. The van der Waals surface area contributed by atoms with Crippen LogP contribution in [0.25, 0.3) is 0 Å². The minimum absolute atomic E-state index is 0.0931. The monoisotopic (exact) mass is 264 g/mol. The first-order valence-electron chi connectivity index (χ1n) is 6.53. The highest BCUT2D eigenvalue weighted by Crippen LogP contribution is 2.25. The van der Waals surface area contributed by atoms with Crippen LogP contribution in [-0.2, 0) is 0 Å². The lowest BCUT2D eigenvalue weighted by molar-refractivity contribution is 0.0958. The van der Waals surface area contributed by atoms with E-state index in [1.165, 1.54) is 0 Å². The Morgan fingerprint density at radius 2 is 2.16 bits per heavy atom. The fraction of sp³-hybridized carbons (Fsp3) is 0.571. The Kier molecular flexibility index (Phi) is 5.30. The van der Waals surface area contributed by atoms with Gasteiger partial charge in [-0.1, -0.05) is 20.8 Å². The van der Waals surface area contributed by atoms with Crippen molar-refractivity contribution in [1.29, 1.82) is 0 Å². The van der Waals surface area contributed by atoms with Crippen molar-refractivity contribution in [1.82, 2.24) is 10.3 Å². The zero-order valence-corrected chi connectivity index (χ0v) is 12.2. The summed E-state index contributed by atoms with van der Waals surface area (Å²) in [6, 6.07) is 3.87. The van der Waals surface area contributed by atoms with E-state index in [0.717, 1.165) is 12.1 Å². The molecule has 1 atom stereocenters. The molecule has 1 rings (SSSR count). The molecule has 1 heterocycles. The molecule has 0 aliphatic heterocycles. The molecule has 106 valence electrons. The number of carbonyl (C=O) groups is 1. The lowest BCUT2D eigenvalue weighted by Crippen LogP contribution is -2.36. The number of nitrogens with two attached hydrogens (primary N) is 1. The predicted molar refractivity (Wildman–Crippen MR) is 78.2 cm³/mol. The molecule has 19 heavy (non-hydrogen) atoms. The Morgan fingerprint density at radius 3 is 2.68 bits per heavy atom. The Labute approximate surface area is 115 Å². The molecule has 0 spiro atoms. The molecule has 0 bridgehead atoms. The van der Waals surface area contributed by atoms with E-state index in [1.54, 1.807) is 19.3 Å². The SMILES string of the molecule is CNC(=O)c1cc(NC(CCN)C(C)(C)C)ccn1. The highest BCUT2D eigenvalue weighted by Gasteiger charge is 2.23. The van der Waals surface area contributed by atoms with Crippen LogP contribution in [0.2, 0.25) is 0 Å². The van der Waals surface area contributed by atoms with E-state index in [1.807, 2.05) is 6.07 Å². The number of pyridine rings is 1. The van der Waals surface area contributed by atoms with Crippen LogP contribution in [-0.4, -0.2) is 30.5 Å². The Bertz CT molecular complexity index is 426. The average Bonchev–Trinajstić information content (AvgIpc) is 2.36. The third-order valence-corrected chi connectivity index (χ3v) is 3.06. The molecule has 1 amide bonds. The summed E-state index contributed by atoms with van der Waals surface area (Å²) >= 11 is 0. The fourth-order valence-corrected chi connectivity index (χ4v) is 1.86. The minimum atomic E-state index is -0.185. The molecule has 1 aromatic rings. The Morgan fingerprint density at radius 1 is 1.47 bits per heavy atom. The summed E-state index contributed by atoms with van der Waals surface area (Å²) in [5.74, 6) is -0.185. The molecule has 5 nitrogen and oxygen atoms in total. The van der Waals surface area contributed by atoms with Crippen molar-refractivity contribution in [3.8, 4) is 0 Å². The van der Waals surface area contributed by atoms with Crippen molar-refractivity contribution in [2.45, 2.75) is 33.2 Å². The minimum Gasteiger partial charge on any atom is -0.382 e. The van der Waals surface area contributed by atoms with Crippen molar-refractivity contribution in [2.24, 2.45) is 11.1 Å². The van der Waals surface area contributed by atoms with Crippen LogP contribution in [0.15, 0.2) is 18.3 Å². The molecule has 5 heteroatoms. The first-order valence-corrected chi connectivity index (χ1v) is 6.53. The molecule has 1 unspecified atom stereocenters. The molecule has 1 aromatic heterocycles. The normalized spacial score (nSPS) is 12.9.